The number of benzene rings is 2. The Hall–Kier alpha value is -6.37. The fraction of sp³-hybridized carbons (Fsp3) is 0.615. The molecule has 1 saturated heterocycles. The van der Waals surface area contributed by atoms with E-state index in [2.05, 4.69) is 15.6 Å². The van der Waals surface area contributed by atoms with Crippen molar-refractivity contribution in [3.63, 3.8) is 0 Å². The second-order valence-electron chi connectivity index (χ2n) is 23.8. The summed E-state index contributed by atoms with van der Waals surface area (Å²) >= 11 is 0. The van der Waals surface area contributed by atoms with Gasteiger partial charge in [0.2, 0.25) is 23.6 Å². The van der Waals surface area contributed by atoms with E-state index < -0.39 is 48.1 Å². The maximum absolute atomic E-state index is 14.8. The van der Waals surface area contributed by atoms with Crippen molar-refractivity contribution in [3.05, 3.63) is 84.1 Å². The fourth-order valence-corrected chi connectivity index (χ4v) is 12.3. The number of Topliss-reactive ketones (excluding diaryl/α,β-unsaturated/α-hetero) is 3. The quantitative estimate of drug-likeness (QED) is 0.0374. The van der Waals surface area contributed by atoms with Gasteiger partial charge in [-0.15, -0.1) is 0 Å². The Balaban J connectivity index is 1.17. The summed E-state index contributed by atoms with van der Waals surface area (Å²) in [4.78, 5) is 131. The molecule has 18 heteroatoms. The molecular formula is C65H95N7O11. The molecule has 6 amide bonds. The van der Waals surface area contributed by atoms with Crippen LogP contribution in [0.25, 0.3) is 10.9 Å². The molecule has 0 bridgehead atoms. The Labute approximate surface area is 492 Å². The van der Waals surface area contributed by atoms with Gasteiger partial charge >= 0.3 is 0 Å². The van der Waals surface area contributed by atoms with Crippen molar-refractivity contribution < 1.29 is 52.6 Å². The standard InChI is InChI=1S/C65H95N7O11/c1-12-44(6)62(70(9)65(81)51(42(2)3)37-55(75)61(43(4)5)69(8)32-21-25-49(73)41-67-57(76)29-17-14-20-33-72-58(77)30-31-59(72)78)56(82-10)38-60(79)71-34-22-28-53(71)63(83-11)45(7)54(74)36-47(64(80)68-39-46-23-15-13-16-24-46)35-48-40-66-52-27-19-18-26-50(48)52/h13,15-16,18-19,23-24,26-27,30-31,40,42-45,47,51,53,56,61-63,66H,12,14,17,20-22,25,28-29,32-39,41H2,1-11H3,(H,67,76)(H,68,80)/t44-,45-,47+,51-,53-,56+,61-,62-,63+/m0/s1. The second-order valence-corrected chi connectivity index (χ2v) is 23.8. The highest BCUT2D eigenvalue weighted by Gasteiger charge is 2.44. The Morgan fingerprint density at radius 1 is 0.771 bits per heavy atom. The van der Waals surface area contributed by atoms with Crippen LogP contribution in [0.5, 0.6) is 0 Å². The molecule has 0 aliphatic carbocycles. The average Bonchev–Trinajstić information content (AvgIpc) is 4.21. The number of imide groups is 1. The lowest BCUT2D eigenvalue weighted by Crippen LogP contribution is -2.54. The van der Waals surface area contributed by atoms with Gasteiger partial charge < -0.3 is 34.9 Å². The number of carbonyl (C=O) groups excluding carboxylic acids is 9. The van der Waals surface area contributed by atoms with E-state index >= 15 is 0 Å². The Morgan fingerprint density at radius 2 is 1.46 bits per heavy atom. The molecule has 1 aromatic heterocycles. The second kappa shape index (κ2) is 33.2. The van der Waals surface area contributed by atoms with Gasteiger partial charge in [-0.05, 0) is 87.1 Å². The first kappa shape index (κ1) is 67.4. The number of nitrogens with one attached hydrogen (secondary N) is 3. The van der Waals surface area contributed by atoms with Gasteiger partial charge in [0, 0.05) is 114 Å². The summed E-state index contributed by atoms with van der Waals surface area (Å²) in [6.07, 6.45) is 8.09. The first-order valence-electron chi connectivity index (χ1n) is 30.2. The van der Waals surface area contributed by atoms with E-state index in [1.807, 2.05) is 121 Å². The van der Waals surface area contributed by atoms with Crippen LogP contribution in [-0.2, 0) is 65.6 Å². The molecule has 0 unspecified atom stereocenters. The number of methoxy groups -OCH3 is 2. The van der Waals surface area contributed by atoms with Crippen LogP contribution in [0.15, 0.2) is 72.9 Å². The van der Waals surface area contributed by atoms with Crippen molar-refractivity contribution in [2.75, 3.05) is 54.5 Å². The molecular weight excluding hydrogens is 1050 g/mol. The highest BCUT2D eigenvalue weighted by atomic mass is 16.5. The minimum Gasteiger partial charge on any atom is -0.379 e. The number of para-hydroxylation sites is 1. The maximum Gasteiger partial charge on any atom is 0.253 e. The van der Waals surface area contributed by atoms with Crippen molar-refractivity contribution >= 4 is 63.7 Å². The molecule has 18 nitrogen and oxygen atoms in total. The monoisotopic (exact) mass is 1150 g/mol. The van der Waals surface area contributed by atoms with E-state index in [9.17, 15) is 43.2 Å². The number of ether oxygens (including phenoxy) is 2. The molecule has 1 fully saturated rings. The minimum atomic E-state index is -0.697. The summed E-state index contributed by atoms with van der Waals surface area (Å²) in [5, 5.41) is 6.76. The number of hydrogen-bond donors (Lipinski definition) is 3. The fourth-order valence-electron chi connectivity index (χ4n) is 12.3. The molecule has 0 radical (unpaired) electrons. The largest absolute Gasteiger partial charge is 0.379 e. The van der Waals surface area contributed by atoms with E-state index in [-0.39, 0.29) is 109 Å². The summed E-state index contributed by atoms with van der Waals surface area (Å²) in [7, 11) is 6.72. The van der Waals surface area contributed by atoms with Gasteiger partial charge in [0.05, 0.1) is 43.3 Å². The molecule has 0 spiro atoms. The SMILES string of the molecule is CC[C@H](C)[C@@H]([C@@H](CC(=O)N1CCC[C@H]1[C@H](OC)[C@@H](C)C(=O)C[C@@H](Cc1c[nH]c2ccccc12)C(=O)NCc1ccccc1)OC)N(C)C(=O)[C@@H](CC(=O)[C@H](C(C)C)N(C)CCCC(=O)CNC(=O)CCCCCN1C(=O)C=CC1=O)C(C)C. The maximum atomic E-state index is 14.8. The van der Waals surface area contributed by atoms with Gasteiger partial charge in [0.1, 0.15) is 5.78 Å². The van der Waals surface area contributed by atoms with E-state index in [0.717, 1.165) is 22.0 Å². The van der Waals surface area contributed by atoms with E-state index in [1.54, 1.807) is 31.1 Å². The molecule has 3 heterocycles. The normalized spacial score (nSPS) is 17.4. The number of H-pyrrole nitrogens is 1. The molecule has 3 N–H and O–H groups in total. The summed E-state index contributed by atoms with van der Waals surface area (Å²) in [5.74, 6) is -4.18. The number of ketones is 3. The average molecular weight is 1150 g/mol. The highest BCUT2D eigenvalue weighted by molar-refractivity contribution is 6.12. The number of aromatic nitrogens is 1. The van der Waals surface area contributed by atoms with Crippen LogP contribution >= 0.6 is 0 Å². The molecule has 2 aliphatic heterocycles. The number of amides is 6. The molecule has 2 aromatic carbocycles. The molecule has 5 rings (SSSR count). The minimum absolute atomic E-state index is 0.00140. The molecule has 83 heavy (non-hydrogen) atoms. The van der Waals surface area contributed by atoms with Gasteiger partial charge in [0.15, 0.2) is 11.6 Å². The number of rotatable bonds is 37. The first-order chi connectivity index (χ1) is 39.6. The Bertz CT molecular complexity index is 2670. The first-order valence-corrected chi connectivity index (χ1v) is 30.2. The van der Waals surface area contributed by atoms with Crippen molar-refractivity contribution in [1.82, 2.24) is 35.2 Å². The van der Waals surface area contributed by atoms with Crippen molar-refractivity contribution in [2.45, 2.75) is 169 Å². The van der Waals surface area contributed by atoms with E-state index in [1.165, 1.54) is 17.1 Å². The number of hydrogen-bond acceptors (Lipinski definition) is 12. The lowest BCUT2D eigenvalue weighted by atomic mass is 9.83. The van der Waals surface area contributed by atoms with E-state index in [0.29, 0.717) is 77.5 Å². The number of nitrogens with zero attached hydrogens (tertiary/aromatic N) is 4. The van der Waals surface area contributed by atoms with Crippen LogP contribution < -0.4 is 10.6 Å². The molecule has 456 valence electrons. The van der Waals surface area contributed by atoms with Crippen molar-refractivity contribution in [2.24, 2.45) is 35.5 Å². The molecule has 9 atom stereocenters. The van der Waals surface area contributed by atoms with Crippen LogP contribution in [0.3, 0.4) is 0 Å². The molecule has 3 aromatic rings. The summed E-state index contributed by atoms with van der Waals surface area (Å²) in [6.45, 7) is 15.2. The number of likely N-dealkylation sites (tertiary alicyclic amines) is 1. The summed E-state index contributed by atoms with van der Waals surface area (Å²) in [6, 6.07) is 16.1. The zero-order valence-electron chi connectivity index (χ0n) is 51.3. The number of carbonyl (C=O) groups is 9. The topological polar surface area (TPSA) is 225 Å². The van der Waals surface area contributed by atoms with Crippen molar-refractivity contribution in [1.29, 1.82) is 0 Å². The van der Waals surface area contributed by atoms with Crippen LogP contribution in [0.1, 0.15) is 137 Å². The molecule has 0 saturated carbocycles. The van der Waals surface area contributed by atoms with Gasteiger partial charge in [-0.3, -0.25) is 53.0 Å². The zero-order chi connectivity index (χ0) is 60.9. The smallest absolute Gasteiger partial charge is 0.253 e. The van der Waals surface area contributed by atoms with Crippen LogP contribution in [0.2, 0.25) is 0 Å². The Kier molecular flexibility index (Phi) is 27.0. The van der Waals surface area contributed by atoms with Gasteiger partial charge in [-0.25, -0.2) is 0 Å². The predicted octanol–water partition coefficient (Wildman–Crippen LogP) is 7.66. The van der Waals surface area contributed by atoms with Gasteiger partial charge in [-0.1, -0.05) is 110 Å². The van der Waals surface area contributed by atoms with Gasteiger partial charge in [-0.2, -0.15) is 0 Å². The van der Waals surface area contributed by atoms with Crippen LogP contribution in [0, 0.1) is 35.5 Å². The third-order valence-electron chi connectivity index (χ3n) is 17.2. The van der Waals surface area contributed by atoms with Crippen LogP contribution in [-0.4, -0.2) is 162 Å². The zero-order valence-corrected chi connectivity index (χ0v) is 51.3. The lowest BCUT2D eigenvalue weighted by molar-refractivity contribution is -0.149. The molecule has 2 aliphatic rings. The van der Waals surface area contributed by atoms with Crippen molar-refractivity contribution in [3.8, 4) is 0 Å². The third kappa shape index (κ3) is 19.1. The predicted molar refractivity (Wildman–Crippen MR) is 320 cm³/mol. The van der Waals surface area contributed by atoms with E-state index in [4.69, 9.17) is 9.47 Å². The number of likely N-dealkylation sites (N-methyl/N-ethyl adjacent to an activating group) is 2. The highest BCUT2D eigenvalue weighted by Crippen LogP contribution is 2.33. The number of fused-ring (bicyclic) bond motifs is 1. The Morgan fingerprint density at radius 3 is 2.11 bits per heavy atom. The summed E-state index contributed by atoms with van der Waals surface area (Å²) < 4.78 is 12.3. The third-order valence-corrected chi connectivity index (χ3v) is 17.2. The number of unbranched alkanes of at least 4 members (excludes halogenated alkanes) is 2. The van der Waals surface area contributed by atoms with Gasteiger partial charge in [0.25, 0.3) is 11.8 Å². The number of aromatic amines is 1. The summed E-state index contributed by atoms with van der Waals surface area (Å²) in [5.41, 5.74) is 2.84. The lowest BCUT2D eigenvalue weighted by Gasteiger charge is -2.41. The van der Waals surface area contributed by atoms with Crippen LogP contribution in [0.4, 0.5) is 0 Å².